The van der Waals surface area contributed by atoms with Crippen LogP contribution in [0.3, 0.4) is 0 Å². The summed E-state index contributed by atoms with van der Waals surface area (Å²) in [5.74, 6) is 0.0901. The first-order valence-corrected chi connectivity index (χ1v) is 9.94. The minimum Gasteiger partial charge on any atom is -0.378 e. The summed E-state index contributed by atoms with van der Waals surface area (Å²) in [6.07, 6.45) is 1.28. The van der Waals surface area contributed by atoms with Crippen molar-refractivity contribution in [3.05, 3.63) is 0 Å². The summed E-state index contributed by atoms with van der Waals surface area (Å²) in [7, 11) is -3.18. The summed E-state index contributed by atoms with van der Waals surface area (Å²) >= 11 is 0. The highest BCUT2D eigenvalue weighted by Gasteiger charge is 2.33. The Morgan fingerprint density at radius 3 is 2.45 bits per heavy atom. The number of hydrogen-bond acceptors (Lipinski definition) is 5. The molecule has 0 aromatic carbocycles. The minimum atomic E-state index is -3.18. The van der Waals surface area contributed by atoms with Crippen molar-refractivity contribution in [1.29, 1.82) is 0 Å². The van der Waals surface area contributed by atoms with Crippen LogP contribution < -0.4 is 5.32 Å². The Morgan fingerprint density at radius 1 is 1.23 bits per heavy atom. The lowest BCUT2D eigenvalue weighted by molar-refractivity contribution is 0.0898. The van der Waals surface area contributed by atoms with E-state index < -0.39 is 10.0 Å². The Hall–Kier alpha value is -0.210. The van der Waals surface area contributed by atoms with Crippen molar-refractivity contribution in [3.8, 4) is 0 Å². The van der Waals surface area contributed by atoms with Crippen LogP contribution >= 0.6 is 0 Å². The van der Waals surface area contributed by atoms with Gasteiger partial charge in [0.2, 0.25) is 10.0 Å². The van der Waals surface area contributed by atoms with Gasteiger partial charge >= 0.3 is 0 Å². The normalized spacial score (nSPS) is 28.5. The van der Waals surface area contributed by atoms with Crippen LogP contribution in [-0.4, -0.2) is 81.9 Å². The third-order valence-corrected chi connectivity index (χ3v) is 6.41. The molecule has 0 bridgehead atoms. The molecule has 0 aliphatic carbocycles. The van der Waals surface area contributed by atoms with Crippen molar-refractivity contribution in [2.75, 3.05) is 58.2 Å². The highest BCUT2D eigenvalue weighted by molar-refractivity contribution is 7.89. The third-order valence-electron chi connectivity index (χ3n) is 4.58. The van der Waals surface area contributed by atoms with Crippen LogP contribution in [0.15, 0.2) is 0 Å². The van der Waals surface area contributed by atoms with Crippen molar-refractivity contribution in [3.63, 3.8) is 0 Å². The van der Waals surface area contributed by atoms with Gasteiger partial charge in [0.15, 0.2) is 0 Å². The van der Waals surface area contributed by atoms with E-state index in [4.69, 9.17) is 4.74 Å². The first-order chi connectivity index (χ1) is 10.3. The number of rotatable bonds is 7. The lowest BCUT2D eigenvalue weighted by atomic mass is 9.89. The topological polar surface area (TPSA) is 61.9 Å². The van der Waals surface area contributed by atoms with Crippen LogP contribution in [0.2, 0.25) is 0 Å². The molecule has 2 heterocycles. The molecular weight excluding hydrogens is 302 g/mol. The Balaban J connectivity index is 1.76. The van der Waals surface area contributed by atoms with E-state index in [1.165, 1.54) is 6.42 Å². The zero-order chi connectivity index (χ0) is 16.2. The minimum absolute atomic E-state index is 0.0767. The lowest BCUT2D eigenvalue weighted by Gasteiger charge is -2.38. The molecule has 2 aliphatic rings. The van der Waals surface area contributed by atoms with E-state index in [2.05, 4.69) is 17.1 Å². The summed E-state index contributed by atoms with van der Waals surface area (Å²) < 4.78 is 31.6. The monoisotopic (exact) mass is 333 g/mol. The first kappa shape index (κ1) is 18.1. The molecule has 1 unspecified atom stereocenters. The molecule has 2 rings (SSSR count). The standard InChI is InChI=1S/C15H31N3O3S/c1-14(2)21-10-11-22(19,20)18-8-6-17(7-9-18)13-15(3)4-5-16-12-15/h14,16H,4-13H2,1-3H3. The van der Waals surface area contributed by atoms with Crippen molar-refractivity contribution in [1.82, 2.24) is 14.5 Å². The van der Waals surface area contributed by atoms with Gasteiger partial charge in [0.1, 0.15) is 0 Å². The van der Waals surface area contributed by atoms with Gasteiger partial charge in [0.25, 0.3) is 0 Å². The summed E-state index contributed by atoms with van der Waals surface area (Å²) in [6.45, 7) is 12.5. The second-order valence-corrected chi connectivity index (χ2v) is 9.24. The lowest BCUT2D eigenvalue weighted by Crippen LogP contribution is -2.52. The highest BCUT2D eigenvalue weighted by atomic mass is 32.2. The summed E-state index contributed by atoms with van der Waals surface area (Å²) in [5, 5.41) is 3.42. The molecule has 0 saturated carbocycles. The van der Waals surface area contributed by atoms with Crippen LogP contribution in [-0.2, 0) is 14.8 Å². The van der Waals surface area contributed by atoms with Crippen LogP contribution in [0, 0.1) is 5.41 Å². The number of nitrogens with one attached hydrogen (secondary N) is 1. The van der Waals surface area contributed by atoms with Gasteiger partial charge in [-0.25, -0.2) is 8.42 Å². The summed E-state index contributed by atoms with van der Waals surface area (Å²) in [5.41, 5.74) is 0.339. The molecule has 22 heavy (non-hydrogen) atoms. The van der Waals surface area contributed by atoms with Crippen molar-refractivity contribution in [2.45, 2.75) is 33.3 Å². The van der Waals surface area contributed by atoms with E-state index in [1.54, 1.807) is 4.31 Å². The number of nitrogens with zero attached hydrogens (tertiary/aromatic N) is 2. The predicted octanol–water partition coefficient (Wildman–Crippen LogP) is 0.358. The number of ether oxygens (including phenoxy) is 1. The first-order valence-electron chi connectivity index (χ1n) is 8.33. The van der Waals surface area contributed by atoms with E-state index in [-0.39, 0.29) is 18.5 Å². The van der Waals surface area contributed by atoms with Gasteiger partial charge in [-0.05, 0) is 32.2 Å². The average molecular weight is 333 g/mol. The molecule has 7 heteroatoms. The summed E-state index contributed by atoms with van der Waals surface area (Å²) in [6, 6.07) is 0. The second kappa shape index (κ2) is 7.57. The zero-order valence-corrected chi connectivity index (χ0v) is 15.0. The SMILES string of the molecule is CC(C)OCCS(=O)(=O)N1CCN(CC2(C)CCNC2)CC1. The third kappa shape index (κ3) is 5.16. The van der Waals surface area contributed by atoms with Crippen molar-refractivity contribution in [2.24, 2.45) is 5.41 Å². The van der Waals surface area contributed by atoms with Crippen LogP contribution in [0.5, 0.6) is 0 Å². The molecule has 0 radical (unpaired) electrons. The molecule has 2 aliphatic heterocycles. The fraction of sp³-hybridized carbons (Fsp3) is 1.00. The van der Waals surface area contributed by atoms with Gasteiger partial charge in [0.05, 0.1) is 18.5 Å². The van der Waals surface area contributed by atoms with Crippen molar-refractivity contribution < 1.29 is 13.2 Å². The molecule has 0 spiro atoms. The molecule has 2 fully saturated rings. The zero-order valence-electron chi connectivity index (χ0n) is 14.2. The molecular formula is C15H31N3O3S. The van der Waals surface area contributed by atoms with E-state index in [1.807, 2.05) is 13.8 Å². The van der Waals surface area contributed by atoms with Crippen molar-refractivity contribution >= 4 is 10.0 Å². The van der Waals surface area contributed by atoms with E-state index in [9.17, 15) is 8.42 Å². The van der Waals surface area contributed by atoms with Gasteiger partial charge in [-0.15, -0.1) is 0 Å². The molecule has 1 N–H and O–H groups in total. The molecule has 0 aromatic heterocycles. The van der Waals surface area contributed by atoms with Gasteiger partial charge < -0.3 is 15.0 Å². The Bertz CT molecular complexity index is 439. The van der Waals surface area contributed by atoms with Crippen LogP contribution in [0.25, 0.3) is 0 Å². The molecule has 1 atom stereocenters. The van der Waals surface area contributed by atoms with Crippen LogP contribution in [0.1, 0.15) is 27.2 Å². The smallest absolute Gasteiger partial charge is 0.216 e. The molecule has 2 saturated heterocycles. The average Bonchev–Trinajstić information content (AvgIpc) is 2.85. The Morgan fingerprint density at radius 2 is 1.91 bits per heavy atom. The summed E-state index contributed by atoms with van der Waals surface area (Å²) in [4.78, 5) is 2.41. The van der Waals surface area contributed by atoms with Gasteiger partial charge in [-0.1, -0.05) is 6.92 Å². The maximum Gasteiger partial charge on any atom is 0.216 e. The maximum atomic E-state index is 12.3. The predicted molar refractivity (Wildman–Crippen MR) is 88.5 cm³/mol. The molecule has 6 nitrogen and oxygen atoms in total. The van der Waals surface area contributed by atoms with E-state index in [0.29, 0.717) is 18.5 Å². The number of piperazine rings is 1. The Kier molecular flexibility index (Phi) is 6.24. The number of hydrogen-bond donors (Lipinski definition) is 1. The highest BCUT2D eigenvalue weighted by Crippen LogP contribution is 2.26. The largest absolute Gasteiger partial charge is 0.378 e. The fourth-order valence-corrected chi connectivity index (χ4v) is 4.51. The molecule has 0 amide bonds. The Labute approximate surface area is 135 Å². The van der Waals surface area contributed by atoms with Gasteiger partial charge in [-0.2, -0.15) is 4.31 Å². The second-order valence-electron chi connectivity index (χ2n) is 7.15. The quantitative estimate of drug-likeness (QED) is 0.729. The number of sulfonamides is 1. The molecule has 130 valence electrons. The van der Waals surface area contributed by atoms with E-state index >= 15 is 0 Å². The van der Waals surface area contributed by atoms with E-state index in [0.717, 1.165) is 32.7 Å². The maximum absolute atomic E-state index is 12.3. The van der Waals surface area contributed by atoms with Crippen LogP contribution in [0.4, 0.5) is 0 Å². The fourth-order valence-electron chi connectivity index (χ4n) is 3.23. The molecule has 0 aromatic rings. The van der Waals surface area contributed by atoms with Gasteiger partial charge in [0, 0.05) is 39.3 Å². The van der Waals surface area contributed by atoms with Gasteiger partial charge in [-0.3, -0.25) is 0 Å².